The van der Waals surface area contributed by atoms with E-state index < -0.39 is 0 Å². The molecular weight excluding hydrogens is 296 g/mol. The van der Waals surface area contributed by atoms with Crippen molar-refractivity contribution in [1.82, 2.24) is 15.1 Å². The Morgan fingerprint density at radius 1 is 1.12 bits per heavy atom. The lowest BCUT2D eigenvalue weighted by molar-refractivity contribution is 0.582. The van der Waals surface area contributed by atoms with Gasteiger partial charge in [0.2, 0.25) is 0 Å². The number of hydrogen-bond acceptors (Lipinski definition) is 3. The summed E-state index contributed by atoms with van der Waals surface area (Å²) >= 11 is 0. The fourth-order valence-electron chi connectivity index (χ4n) is 3.29. The molecule has 4 rings (SSSR count). The maximum absolute atomic E-state index is 9.09. The number of rotatable bonds is 3. The Bertz CT molecular complexity index is 903. The Hall–Kier alpha value is -2.90. The van der Waals surface area contributed by atoms with E-state index in [1.165, 1.54) is 11.3 Å². The second-order valence-electron chi connectivity index (χ2n) is 6.04. The third-order valence-electron chi connectivity index (χ3n) is 4.44. The summed E-state index contributed by atoms with van der Waals surface area (Å²) in [6, 6.07) is 20.3. The van der Waals surface area contributed by atoms with Crippen molar-refractivity contribution in [1.29, 1.82) is 5.26 Å². The molecule has 4 nitrogen and oxygen atoms in total. The van der Waals surface area contributed by atoms with Crippen molar-refractivity contribution in [3.05, 3.63) is 77.0 Å². The van der Waals surface area contributed by atoms with Crippen LogP contribution in [0, 0.1) is 11.3 Å². The average molecular weight is 314 g/mol. The standard InChI is InChI=1S/C20H18N4/c21-12-15-5-4-6-16(11-15)14-24-19-9-10-22-13-18(19)20(23-24)17-7-2-1-3-8-17/h1-8,11,22H,9-10,13-14H2. The predicted octanol–water partition coefficient (Wildman–Crippen LogP) is 3.12. The van der Waals surface area contributed by atoms with Crippen LogP contribution in [0.2, 0.25) is 0 Å². The van der Waals surface area contributed by atoms with Crippen LogP contribution in [0.15, 0.2) is 54.6 Å². The van der Waals surface area contributed by atoms with Crippen molar-refractivity contribution < 1.29 is 0 Å². The quantitative estimate of drug-likeness (QED) is 0.808. The number of nitriles is 1. The number of nitrogens with one attached hydrogen (secondary N) is 1. The van der Waals surface area contributed by atoms with Crippen molar-refractivity contribution in [2.75, 3.05) is 6.54 Å². The van der Waals surface area contributed by atoms with E-state index in [4.69, 9.17) is 10.4 Å². The maximum Gasteiger partial charge on any atom is 0.0991 e. The minimum absolute atomic E-state index is 0.693. The van der Waals surface area contributed by atoms with Crippen molar-refractivity contribution in [2.45, 2.75) is 19.5 Å². The van der Waals surface area contributed by atoms with Gasteiger partial charge in [0.15, 0.2) is 0 Å². The van der Waals surface area contributed by atoms with E-state index in [2.05, 4.69) is 34.3 Å². The smallest absolute Gasteiger partial charge is 0.0991 e. The molecule has 118 valence electrons. The summed E-state index contributed by atoms with van der Waals surface area (Å²) in [4.78, 5) is 0. The SMILES string of the molecule is N#Cc1cccc(Cn2nc(-c3ccccc3)c3c2CCNC3)c1. The lowest BCUT2D eigenvalue weighted by Gasteiger charge is -2.16. The second-order valence-corrected chi connectivity index (χ2v) is 6.04. The van der Waals surface area contributed by atoms with Crippen LogP contribution in [-0.2, 0) is 19.5 Å². The first-order valence-corrected chi connectivity index (χ1v) is 8.19. The summed E-state index contributed by atoms with van der Waals surface area (Å²) in [7, 11) is 0. The number of hydrogen-bond donors (Lipinski definition) is 1. The van der Waals surface area contributed by atoms with Gasteiger partial charge in [0, 0.05) is 36.3 Å². The van der Waals surface area contributed by atoms with Gasteiger partial charge in [0.05, 0.1) is 23.9 Å². The molecule has 1 aromatic heterocycles. The molecule has 0 aliphatic carbocycles. The highest BCUT2D eigenvalue weighted by Gasteiger charge is 2.21. The van der Waals surface area contributed by atoms with Crippen LogP contribution in [0.25, 0.3) is 11.3 Å². The fourth-order valence-corrected chi connectivity index (χ4v) is 3.29. The van der Waals surface area contributed by atoms with Crippen LogP contribution >= 0.6 is 0 Å². The van der Waals surface area contributed by atoms with Crippen LogP contribution in [0.5, 0.6) is 0 Å². The van der Waals surface area contributed by atoms with Gasteiger partial charge in [0.25, 0.3) is 0 Å². The van der Waals surface area contributed by atoms with Crippen molar-refractivity contribution in [3.63, 3.8) is 0 Å². The van der Waals surface area contributed by atoms with E-state index in [1.54, 1.807) is 0 Å². The molecule has 0 radical (unpaired) electrons. The first-order valence-electron chi connectivity index (χ1n) is 8.19. The first kappa shape index (κ1) is 14.7. The molecule has 0 amide bonds. The van der Waals surface area contributed by atoms with Gasteiger partial charge < -0.3 is 5.32 Å². The second kappa shape index (κ2) is 6.31. The van der Waals surface area contributed by atoms with Gasteiger partial charge in [-0.2, -0.15) is 10.4 Å². The zero-order valence-electron chi connectivity index (χ0n) is 13.4. The third-order valence-corrected chi connectivity index (χ3v) is 4.44. The molecule has 2 aromatic carbocycles. The van der Waals surface area contributed by atoms with E-state index in [0.717, 1.165) is 36.3 Å². The summed E-state index contributed by atoms with van der Waals surface area (Å²) in [5, 5.41) is 17.4. The number of fused-ring (bicyclic) bond motifs is 1. The molecule has 0 fully saturated rings. The molecule has 0 atom stereocenters. The summed E-state index contributed by atoms with van der Waals surface area (Å²) in [6.45, 7) is 2.54. The van der Waals surface area contributed by atoms with Gasteiger partial charge in [-0.05, 0) is 17.7 Å². The molecule has 4 heteroatoms. The lowest BCUT2D eigenvalue weighted by atomic mass is 10.0. The molecule has 24 heavy (non-hydrogen) atoms. The van der Waals surface area contributed by atoms with Gasteiger partial charge in [-0.25, -0.2) is 0 Å². The van der Waals surface area contributed by atoms with E-state index in [0.29, 0.717) is 12.1 Å². The Kier molecular flexibility index (Phi) is 3.86. The van der Waals surface area contributed by atoms with Gasteiger partial charge in [0.1, 0.15) is 0 Å². The normalized spacial score (nSPS) is 13.3. The highest BCUT2D eigenvalue weighted by Crippen LogP contribution is 2.28. The first-order chi connectivity index (χ1) is 11.8. The zero-order chi connectivity index (χ0) is 16.4. The molecule has 1 N–H and O–H groups in total. The number of nitrogens with zero attached hydrogens (tertiary/aromatic N) is 3. The van der Waals surface area contributed by atoms with Crippen LogP contribution in [0.3, 0.4) is 0 Å². The Morgan fingerprint density at radius 2 is 2.00 bits per heavy atom. The molecule has 0 unspecified atom stereocenters. The molecular formula is C20H18N4. The molecule has 3 aromatic rings. The van der Waals surface area contributed by atoms with Gasteiger partial charge in [-0.3, -0.25) is 4.68 Å². The topological polar surface area (TPSA) is 53.6 Å². The minimum atomic E-state index is 0.693. The minimum Gasteiger partial charge on any atom is -0.312 e. The van der Waals surface area contributed by atoms with Crippen molar-refractivity contribution >= 4 is 0 Å². The van der Waals surface area contributed by atoms with Crippen LogP contribution in [0.1, 0.15) is 22.4 Å². The molecule has 1 aliphatic heterocycles. The average Bonchev–Trinajstić information content (AvgIpc) is 3.01. The summed E-state index contributed by atoms with van der Waals surface area (Å²) < 4.78 is 2.11. The Morgan fingerprint density at radius 3 is 2.83 bits per heavy atom. The maximum atomic E-state index is 9.09. The van der Waals surface area contributed by atoms with Gasteiger partial charge in [-0.1, -0.05) is 42.5 Å². The summed E-state index contributed by atoms with van der Waals surface area (Å²) in [5.74, 6) is 0. The van der Waals surface area contributed by atoms with E-state index in [9.17, 15) is 0 Å². The predicted molar refractivity (Wildman–Crippen MR) is 93.3 cm³/mol. The largest absolute Gasteiger partial charge is 0.312 e. The molecule has 1 aliphatic rings. The van der Waals surface area contributed by atoms with Crippen LogP contribution < -0.4 is 5.32 Å². The molecule has 0 saturated heterocycles. The third kappa shape index (κ3) is 2.70. The molecule has 2 heterocycles. The van der Waals surface area contributed by atoms with Gasteiger partial charge >= 0.3 is 0 Å². The van der Waals surface area contributed by atoms with Gasteiger partial charge in [-0.15, -0.1) is 0 Å². The lowest BCUT2D eigenvalue weighted by Crippen LogP contribution is -2.25. The number of benzene rings is 2. The fraction of sp³-hybridized carbons (Fsp3) is 0.200. The van der Waals surface area contributed by atoms with E-state index in [-0.39, 0.29) is 0 Å². The molecule has 0 saturated carbocycles. The van der Waals surface area contributed by atoms with Crippen LogP contribution in [0.4, 0.5) is 0 Å². The zero-order valence-corrected chi connectivity index (χ0v) is 13.4. The Labute approximate surface area is 141 Å². The monoisotopic (exact) mass is 314 g/mol. The van der Waals surface area contributed by atoms with Crippen molar-refractivity contribution in [3.8, 4) is 17.3 Å². The Balaban J connectivity index is 1.76. The molecule has 0 spiro atoms. The van der Waals surface area contributed by atoms with E-state index >= 15 is 0 Å². The highest BCUT2D eigenvalue weighted by molar-refractivity contribution is 5.64. The van der Waals surface area contributed by atoms with Crippen molar-refractivity contribution in [2.24, 2.45) is 0 Å². The molecule has 0 bridgehead atoms. The van der Waals surface area contributed by atoms with E-state index in [1.807, 2.05) is 36.4 Å². The summed E-state index contributed by atoms with van der Waals surface area (Å²) in [5.41, 5.74) is 6.62. The highest BCUT2D eigenvalue weighted by atomic mass is 15.3. The number of aromatic nitrogens is 2. The summed E-state index contributed by atoms with van der Waals surface area (Å²) in [6.07, 6.45) is 0.979. The van der Waals surface area contributed by atoms with Crippen LogP contribution in [-0.4, -0.2) is 16.3 Å².